The van der Waals surface area contributed by atoms with E-state index in [1.165, 1.54) is 37.4 Å². The molecule has 2 amide bonds. The van der Waals surface area contributed by atoms with E-state index >= 15 is 0 Å². The van der Waals surface area contributed by atoms with Crippen LogP contribution in [0.15, 0.2) is 85.1 Å². The smallest absolute Gasteiger partial charge is 0.406 e. The number of nitrogens with zero attached hydrogens (tertiary/aromatic N) is 4. The summed E-state index contributed by atoms with van der Waals surface area (Å²) in [5.74, 6) is -0.929. The van der Waals surface area contributed by atoms with Crippen LogP contribution in [0.25, 0.3) is 16.8 Å². The highest BCUT2D eigenvalue weighted by atomic mass is 19.4. The minimum absolute atomic E-state index is 0.0326. The number of fused-ring (bicyclic) bond motifs is 1. The number of alkyl halides is 3. The lowest BCUT2D eigenvalue weighted by molar-refractivity contribution is -0.138. The van der Waals surface area contributed by atoms with Gasteiger partial charge in [0.05, 0.1) is 19.2 Å². The largest absolute Gasteiger partial charge is 0.495 e. The number of methoxy groups -OCH3 is 1. The first-order chi connectivity index (χ1) is 21.0. The molecule has 0 spiro atoms. The van der Waals surface area contributed by atoms with Crippen LogP contribution in [0.3, 0.4) is 0 Å². The molecule has 2 aromatic heterocycles. The average Bonchev–Trinajstić information content (AvgIpc) is 3.39. The lowest BCUT2D eigenvalue weighted by Gasteiger charge is -2.19. The monoisotopic (exact) mass is 606 g/mol. The average molecular weight is 607 g/mol. The number of carbonyl (C=O) groups excluding carboxylic acids is 2. The van der Waals surface area contributed by atoms with Crippen LogP contribution in [0, 0.1) is 5.82 Å². The molecule has 0 atom stereocenters. The van der Waals surface area contributed by atoms with Crippen molar-refractivity contribution >= 4 is 34.8 Å². The van der Waals surface area contributed by atoms with Gasteiger partial charge in [-0.1, -0.05) is 24.3 Å². The van der Waals surface area contributed by atoms with Gasteiger partial charge in [0.2, 0.25) is 11.9 Å². The molecule has 0 fully saturated rings. The topological polar surface area (TPSA) is 101 Å². The Kier molecular flexibility index (Phi) is 8.47. The van der Waals surface area contributed by atoms with Crippen molar-refractivity contribution in [1.29, 1.82) is 0 Å². The summed E-state index contributed by atoms with van der Waals surface area (Å²) >= 11 is 0. The van der Waals surface area contributed by atoms with Crippen molar-refractivity contribution in [2.45, 2.75) is 12.6 Å². The third kappa shape index (κ3) is 7.30. The maximum Gasteiger partial charge on any atom is 0.406 e. The molecule has 0 aliphatic rings. The third-order valence-corrected chi connectivity index (χ3v) is 6.57. The Bertz CT molecular complexity index is 1800. The molecule has 0 radical (unpaired) electrons. The van der Waals surface area contributed by atoms with Gasteiger partial charge in [0.25, 0.3) is 5.91 Å². The fourth-order valence-electron chi connectivity index (χ4n) is 4.45. The van der Waals surface area contributed by atoms with Crippen molar-refractivity contribution in [3.8, 4) is 16.9 Å². The second-order valence-electron chi connectivity index (χ2n) is 9.90. The number of rotatable bonds is 9. The van der Waals surface area contributed by atoms with E-state index in [-0.39, 0.29) is 35.4 Å². The molecule has 0 bridgehead atoms. The van der Waals surface area contributed by atoms with Crippen LogP contribution in [0.5, 0.6) is 5.75 Å². The number of hydrogen-bond donors (Lipinski definition) is 2. The molecule has 5 rings (SSSR count). The summed E-state index contributed by atoms with van der Waals surface area (Å²) in [5, 5.41) is 10.3. The summed E-state index contributed by atoms with van der Waals surface area (Å²) in [6, 6.07) is 20.9. The molecule has 13 heteroatoms. The number of aromatic nitrogens is 3. The molecule has 2 heterocycles. The molecule has 2 N–H and O–H groups in total. The van der Waals surface area contributed by atoms with Crippen molar-refractivity contribution in [3.05, 3.63) is 102 Å². The number of anilines is 3. The summed E-state index contributed by atoms with van der Waals surface area (Å²) in [5.41, 5.74) is 4.01. The number of benzene rings is 3. The van der Waals surface area contributed by atoms with Crippen LogP contribution in [0.2, 0.25) is 0 Å². The Labute approximate surface area is 249 Å². The number of amides is 2. The van der Waals surface area contributed by atoms with Gasteiger partial charge in [0, 0.05) is 30.1 Å². The van der Waals surface area contributed by atoms with Gasteiger partial charge in [-0.25, -0.2) is 8.91 Å². The Morgan fingerprint density at radius 2 is 1.66 bits per heavy atom. The van der Waals surface area contributed by atoms with E-state index in [0.29, 0.717) is 27.5 Å². The minimum atomic E-state index is -4.52. The van der Waals surface area contributed by atoms with Crippen LogP contribution in [-0.2, 0) is 11.2 Å². The number of hydrogen-bond acceptors (Lipinski definition) is 6. The first-order valence-electron chi connectivity index (χ1n) is 13.3. The number of carbonyl (C=O) groups is 2. The maximum atomic E-state index is 13.1. The van der Waals surface area contributed by atoms with Crippen molar-refractivity contribution in [1.82, 2.24) is 19.5 Å². The molecule has 0 saturated heterocycles. The number of pyridine rings is 1. The first kappa shape index (κ1) is 30.0. The molecule has 0 aliphatic heterocycles. The zero-order chi connectivity index (χ0) is 31.4. The molecule has 3 aromatic carbocycles. The predicted molar refractivity (Wildman–Crippen MR) is 156 cm³/mol. The SMILES string of the molecule is COc1cc(C(=O)N(C)CC(F)(F)F)ccc1Nc1nc2ccc(-c3ccc(NC(=O)Cc4ccc(F)cc4)cc3)cn2n1. The predicted octanol–water partition coefficient (Wildman–Crippen LogP) is 6.10. The van der Waals surface area contributed by atoms with Gasteiger partial charge in [0.1, 0.15) is 18.1 Å². The Balaban J connectivity index is 1.26. The van der Waals surface area contributed by atoms with Crippen LogP contribution in [0.1, 0.15) is 15.9 Å². The highest BCUT2D eigenvalue weighted by Gasteiger charge is 2.31. The molecule has 9 nitrogen and oxygen atoms in total. The number of nitrogens with one attached hydrogen (secondary N) is 2. The third-order valence-electron chi connectivity index (χ3n) is 6.57. The van der Waals surface area contributed by atoms with Gasteiger partial charge in [-0.15, -0.1) is 5.10 Å². The zero-order valence-electron chi connectivity index (χ0n) is 23.5. The molecule has 44 heavy (non-hydrogen) atoms. The van der Waals surface area contributed by atoms with E-state index in [4.69, 9.17) is 4.74 Å². The highest BCUT2D eigenvalue weighted by Crippen LogP contribution is 2.29. The molecular formula is C31H26F4N6O3. The van der Waals surface area contributed by atoms with Crippen molar-refractivity contribution in [3.63, 3.8) is 0 Å². The first-order valence-corrected chi connectivity index (χ1v) is 13.3. The number of halogens is 4. The lowest BCUT2D eigenvalue weighted by atomic mass is 10.1. The Morgan fingerprint density at radius 1 is 0.955 bits per heavy atom. The van der Waals surface area contributed by atoms with Crippen molar-refractivity contribution < 1.29 is 31.9 Å². The quantitative estimate of drug-likeness (QED) is 0.197. The van der Waals surface area contributed by atoms with E-state index in [2.05, 4.69) is 20.7 Å². The normalized spacial score (nSPS) is 11.3. The summed E-state index contributed by atoms with van der Waals surface area (Å²) in [6.07, 6.45) is -2.61. The summed E-state index contributed by atoms with van der Waals surface area (Å²) in [4.78, 5) is 29.9. The zero-order valence-corrected chi connectivity index (χ0v) is 23.5. The second kappa shape index (κ2) is 12.4. The standard InChI is InChI=1S/C31H26F4N6O3/c1-40(18-31(33,34)35)29(43)21-7-13-25(26(16-21)44-2)37-30-38-27-14-8-22(17-41(27)39-30)20-5-11-24(12-6-20)36-28(42)15-19-3-9-23(32)10-4-19/h3-14,16-17H,15,18H2,1-2H3,(H,36,42)(H,37,39). The molecular weight excluding hydrogens is 580 g/mol. The van der Waals surface area contributed by atoms with Gasteiger partial charge in [0.15, 0.2) is 5.65 Å². The molecule has 0 aliphatic carbocycles. The van der Waals surface area contributed by atoms with Gasteiger partial charge in [-0.3, -0.25) is 9.59 Å². The fourth-order valence-corrected chi connectivity index (χ4v) is 4.45. The summed E-state index contributed by atoms with van der Waals surface area (Å²) < 4.78 is 58.1. The van der Waals surface area contributed by atoms with Crippen LogP contribution in [0.4, 0.5) is 34.9 Å². The lowest BCUT2D eigenvalue weighted by Crippen LogP contribution is -2.35. The molecule has 226 valence electrons. The van der Waals surface area contributed by atoms with E-state index in [1.54, 1.807) is 41.0 Å². The molecule has 5 aromatic rings. The van der Waals surface area contributed by atoms with Crippen LogP contribution >= 0.6 is 0 Å². The van der Waals surface area contributed by atoms with E-state index < -0.39 is 18.6 Å². The van der Waals surface area contributed by atoms with Crippen LogP contribution in [-0.4, -0.2) is 58.2 Å². The maximum absolute atomic E-state index is 13.1. The van der Waals surface area contributed by atoms with Gasteiger partial charge < -0.3 is 20.3 Å². The highest BCUT2D eigenvalue weighted by molar-refractivity contribution is 5.95. The van der Waals surface area contributed by atoms with Gasteiger partial charge in [-0.05, 0) is 65.7 Å². The van der Waals surface area contributed by atoms with Crippen LogP contribution < -0.4 is 15.4 Å². The van der Waals surface area contributed by atoms with Crippen molar-refractivity contribution in [2.75, 3.05) is 31.3 Å². The Hall–Kier alpha value is -5.46. The second-order valence-corrected chi connectivity index (χ2v) is 9.90. The summed E-state index contributed by atoms with van der Waals surface area (Å²) in [6.45, 7) is -1.37. The number of ether oxygens (including phenoxy) is 1. The van der Waals surface area contributed by atoms with E-state index in [0.717, 1.165) is 18.2 Å². The molecule has 0 unspecified atom stereocenters. The fraction of sp³-hybridized carbons (Fsp3) is 0.161. The minimum Gasteiger partial charge on any atom is -0.495 e. The van der Waals surface area contributed by atoms with Gasteiger partial charge in [-0.2, -0.15) is 18.2 Å². The summed E-state index contributed by atoms with van der Waals surface area (Å²) in [7, 11) is 2.45. The van der Waals surface area contributed by atoms with Crippen molar-refractivity contribution in [2.24, 2.45) is 0 Å². The van der Waals surface area contributed by atoms with E-state index in [1.807, 2.05) is 18.2 Å². The Morgan fingerprint density at radius 3 is 2.34 bits per heavy atom. The van der Waals surface area contributed by atoms with Gasteiger partial charge >= 0.3 is 6.18 Å². The molecule has 0 saturated carbocycles. The van der Waals surface area contributed by atoms with E-state index in [9.17, 15) is 27.2 Å².